The highest BCUT2D eigenvalue weighted by molar-refractivity contribution is 5.93. The minimum Gasteiger partial charge on any atom is -0.361 e. The third-order valence-electron chi connectivity index (χ3n) is 5.45. The fourth-order valence-electron chi connectivity index (χ4n) is 3.96. The fourth-order valence-corrected chi connectivity index (χ4v) is 3.96. The number of aryl methyl sites for hydroxylation is 2. The van der Waals surface area contributed by atoms with Crippen molar-refractivity contribution in [2.45, 2.75) is 39.5 Å². The maximum Gasteiger partial charge on any atom is 0.256 e. The van der Waals surface area contributed by atoms with Crippen LogP contribution in [0.4, 0.5) is 0 Å². The first-order valence-corrected chi connectivity index (χ1v) is 9.90. The van der Waals surface area contributed by atoms with E-state index in [0.29, 0.717) is 11.5 Å². The fraction of sp³-hybridized carbons (Fsp3) is 0.429. The van der Waals surface area contributed by atoms with Crippen LogP contribution >= 0.6 is 0 Å². The summed E-state index contributed by atoms with van der Waals surface area (Å²) in [6.45, 7) is 5.31. The Kier molecular flexibility index (Phi) is 5.59. The number of hydrogen-bond donors (Lipinski definition) is 0. The van der Waals surface area contributed by atoms with Gasteiger partial charge < -0.3 is 9.42 Å². The summed E-state index contributed by atoms with van der Waals surface area (Å²) in [5, 5.41) is 4.02. The Morgan fingerprint density at radius 1 is 1.14 bits per heavy atom. The highest BCUT2D eigenvalue weighted by Gasteiger charge is 2.23. The lowest BCUT2D eigenvalue weighted by Crippen LogP contribution is -2.32. The van der Waals surface area contributed by atoms with E-state index in [1.54, 1.807) is 18.7 Å². The molecule has 0 aromatic carbocycles. The van der Waals surface area contributed by atoms with Crippen molar-refractivity contribution >= 4 is 5.91 Å². The Balaban J connectivity index is 1.42. The second-order valence-corrected chi connectivity index (χ2v) is 7.51. The predicted octanol–water partition coefficient (Wildman–Crippen LogP) is 3.02. The number of likely N-dealkylation sites (tertiary alicyclic amines) is 1. The lowest BCUT2D eigenvalue weighted by Gasteiger charge is -2.20. The Bertz CT molecular complexity index is 968. The van der Waals surface area contributed by atoms with Crippen molar-refractivity contribution in [2.75, 3.05) is 13.1 Å². The minimum absolute atomic E-state index is 0.00832. The minimum atomic E-state index is 0.00832. The van der Waals surface area contributed by atoms with E-state index in [1.165, 1.54) is 6.33 Å². The van der Waals surface area contributed by atoms with Gasteiger partial charge in [0, 0.05) is 31.2 Å². The van der Waals surface area contributed by atoms with Crippen LogP contribution in [0.5, 0.6) is 0 Å². The zero-order valence-electron chi connectivity index (χ0n) is 16.7. The molecule has 8 heteroatoms. The van der Waals surface area contributed by atoms with Crippen LogP contribution in [-0.2, 0) is 6.42 Å². The zero-order chi connectivity index (χ0) is 20.2. The van der Waals surface area contributed by atoms with Gasteiger partial charge >= 0.3 is 0 Å². The van der Waals surface area contributed by atoms with Gasteiger partial charge in [0.1, 0.15) is 18.4 Å². The zero-order valence-corrected chi connectivity index (χ0v) is 16.7. The van der Waals surface area contributed by atoms with E-state index in [4.69, 9.17) is 4.52 Å². The van der Waals surface area contributed by atoms with E-state index < -0.39 is 0 Å². The quantitative estimate of drug-likeness (QED) is 0.673. The maximum atomic E-state index is 12.7. The predicted molar refractivity (Wildman–Crippen MR) is 106 cm³/mol. The molecule has 1 saturated heterocycles. The molecule has 0 bridgehead atoms. The molecule has 29 heavy (non-hydrogen) atoms. The van der Waals surface area contributed by atoms with Gasteiger partial charge in [-0.1, -0.05) is 5.16 Å². The van der Waals surface area contributed by atoms with Gasteiger partial charge in [-0.15, -0.1) is 0 Å². The molecular formula is C21H24N6O2. The van der Waals surface area contributed by atoms with Crippen molar-refractivity contribution in [3.63, 3.8) is 0 Å². The van der Waals surface area contributed by atoms with Crippen molar-refractivity contribution in [2.24, 2.45) is 5.92 Å². The molecule has 0 N–H and O–H groups in total. The lowest BCUT2D eigenvalue weighted by molar-refractivity contribution is 0.0759. The summed E-state index contributed by atoms with van der Waals surface area (Å²) in [5.41, 5.74) is 4.18. The van der Waals surface area contributed by atoms with Gasteiger partial charge in [0.05, 0.1) is 22.5 Å². The molecule has 3 aromatic heterocycles. The summed E-state index contributed by atoms with van der Waals surface area (Å²) in [5.74, 6) is 1.25. The van der Waals surface area contributed by atoms with Crippen LogP contribution in [0.1, 0.15) is 46.8 Å². The van der Waals surface area contributed by atoms with Crippen LogP contribution in [-0.4, -0.2) is 49.0 Å². The molecule has 1 aliphatic rings. The van der Waals surface area contributed by atoms with E-state index in [1.807, 2.05) is 24.8 Å². The number of hydrogen-bond acceptors (Lipinski definition) is 7. The summed E-state index contributed by atoms with van der Waals surface area (Å²) >= 11 is 0. The summed E-state index contributed by atoms with van der Waals surface area (Å²) in [7, 11) is 0. The molecule has 1 amide bonds. The molecule has 4 heterocycles. The van der Waals surface area contributed by atoms with Crippen molar-refractivity contribution in [1.29, 1.82) is 0 Å². The molecule has 1 aliphatic heterocycles. The number of amides is 1. The highest BCUT2D eigenvalue weighted by Crippen LogP contribution is 2.27. The molecule has 4 rings (SSSR count). The largest absolute Gasteiger partial charge is 0.361 e. The first kappa shape index (κ1) is 19.2. The Morgan fingerprint density at radius 3 is 2.72 bits per heavy atom. The van der Waals surface area contributed by atoms with Crippen LogP contribution in [0.2, 0.25) is 0 Å². The first-order chi connectivity index (χ1) is 14.1. The average molecular weight is 392 g/mol. The number of carbonyl (C=O) groups is 1. The van der Waals surface area contributed by atoms with Gasteiger partial charge in [0.25, 0.3) is 5.91 Å². The second kappa shape index (κ2) is 8.46. The van der Waals surface area contributed by atoms with Crippen molar-refractivity contribution in [3.05, 3.63) is 53.8 Å². The molecule has 0 spiro atoms. The number of nitrogens with zero attached hydrogens (tertiary/aromatic N) is 6. The highest BCUT2D eigenvalue weighted by atomic mass is 16.5. The standard InChI is InChI=1S/C21H24N6O2/c1-14-20(15(2)29-26-14)19-9-18(24-13-25-19)8-16-4-3-6-27(7-5-16)21(28)17-10-22-12-23-11-17/h9-13,16H,3-8H2,1-2H3. The van der Waals surface area contributed by atoms with E-state index in [-0.39, 0.29) is 5.91 Å². The van der Waals surface area contributed by atoms with Gasteiger partial charge in [-0.3, -0.25) is 4.79 Å². The topological polar surface area (TPSA) is 97.9 Å². The Labute approximate surface area is 169 Å². The molecule has 0 aliphatic carbocycles. The van der Waals surface area contributed by atoms with Crippen molar-refractivity contribution in [1.82, 2.24) is 30.0 Å². The van der Waals surface area contributed by atoms with Gasteiger partial charge in [0.15, 0.2) is 0 Å². The van der Waals surface area contributed by atoms with Gasteiger partial charge in [-0.2, -0.15) is 0 Å². The number of carbonyl (C=O) groups excluding carboxylic acids is 1. The normalized spacial score (nSPS) is 17.2. The number of aromatic nitrogens is 5. The monoisotopic (exact) mass is 392 g/mol. The average Bonchev–Trinajstić information content (AvgIpc) is 2.93. The van der Waals surface area contributed by atoms with Crippen molar-refractivity contribution < 1.29 is 9.32 Å². The molecule has 150 valence electrons. The summed E-state index contributed by atoms with van der Waals surface area (Å²) in [4.78, 5) is 31.4. The van der Waals surface area contributed by atoms with E-state index in [9.17, 15) is 4.79 Å². The molecule has 8 nitrogen and oxygen atoms in total. The second-order valence-electron chi connectivity index (χ2n) is 7.51. The molecule has 0 saturated carbocycles. The summed E-state index contributed by atoms with van der Waals surface area (Å²) in [6, 6.07) is 2.03. The lowest BCUT2D eigenvalue weighted by atomic mass is 9.94. The Hall–Kier alpha value is -3.16. The molecule has 1 unspecified atom stereocenters. The summed E-state index contributed by atoms with van der Waals surface area (Å²) in [6.07, 6.45) is 10.1. The van der Waals surface area contributed by atoms with Crippen LogP contribution in [0.15, 0.2) is 35.6 Å². The molecule has 3 aromatic rings. The molecule has 1 fully saturated rings. The van der Waals surface area contributed by atoms with Gasteiger partial charge in [-0.25, -0.2) is 19.9 Å². The number of rotatable bonds is 4. The molecule has 1 atom stereocenters. The van der Waals surface area contributed by atoms with Crippen LogP contribution in [0, 0.1) is 19.8 Å². The van der Waals surface area contributed by atoms with E-state index in [0.717, 1.165) is 67.2 Å². The van der Waals surface area contributed by atoms with E-state index >= 15 is 0 Å². The SMILES string of the molecule is Cc1noc(C)c1-c1cc(CC2CCCN(C(=O)c3cncnc3)CC2)ncn1. The summed E-state index contributed by atoms with van der Waals surface area (Å²) < 4.78 is 5.27. The van der Waals surface area contributed by atoms with Crippen molar-refractivity contribution in [3.8, 4) is 11.3 Å². The smallest absolute Gasteiger partial charge is 0.256 e. The third kappa shape index (κ3) is 4.31. The maximum absolute atomic E-state index is 12.7. The first-order valence-electron chi connectivity index (χ1n) is 9.90. The molecular weight excluding hydrogens is 368 g/mol. The van der Waals surface area contributed by atoms with Crippen LogP contribution < -0.4 is 0 Å². The van der Waals surface area contributed by atoms with Crippen LogP contribution in [0.3, 0.4) is 0 Å². The third-order valence-corrected chi connectivity index (χ3v) is 5.45. The van der Waals surface area contributed by atoms with Gasteiger partial charge in [0.2, 0.25) is 0 Å². The van der Waals surface area contributed by atoms with E-state index in [2.05, 4.69) is 25.1 Å². The molecule has 0 radical (unpaired) electrons. The Morgan fingerprint density at radius 2 is 1.97 bits per heavy atom. The van der Waals surface area contributed by atoms with Gasteiger partial charge in [-0.05, 0) is 51.5 Å². The van der Waals surface area contributed by atoms with Crippen LogP contribution in [0.25, 0.3) is 11.3 Å².